The van der Waals surface area contributed by atoms with Gasteiger partial charge < -0.3 is 62.2 Å². The van der Waals surface area contributed by atoms with Crippen molar-refractivity contribution in [1.29, 1.82) is 0 Å². The molecule has 0 aromatic heterocycles. The topological polar surface area (TPSA) is 417 Å². The Balaban J connectivity index is 1.90. The highest BCUT2D eigenvalue weighted by Gasteiger charge is 2.58. The minimum absolute atomic E-state index is 0.0375. The van der Waals surface area contributed by atoms with Crippen molar-refractivity contribution in [2.75, 3.05) is 72.6 Å². The summed E-state index contributed by atoms with van der Waals surface area (Å²) < 4.78 is 148. The first-order chi connectivity index (χ1) is 51.2. The number of unbranched alkanes of at least 4 members (excludes halogenated alkanes) is 9. The molecule has 3 saturated heterocycles. The molecule has 3 N–H and O–H groups in total. The van der Waals surface area contributed by atoms with Gasteiger partial charge in [0.15, 0.2) is 25.0 Å². The Hall–Kier alpha value is -4.37. The Morgan fingerprint density at radius 1 is 0.472 bits per heavy atom. The lowest BCUT2D eigenvalue weighted by atomic mass is 9.97. The van der Waals surface area contributed by atoms with Crippen molar-refractivity contribution in [3.05, 3.63) is 67.2 Å². The average molecular weight is 1550 g/mol. The molecule has 1 amide bonds. The molecule has 3 heterocycles. The molecule has 0 saturated carbocycles. The maximum atomic E-state index is 16.6. The van der Waals surface area contributed by atoms with Crippen LogP contribution in [-0.4, -0.2) is 188 Å². The van der Waals surface area contributed by atoms with Crippen molar-refractivity contribution in [3.63, 3.8) is 0 Å². The number of hydrogen-bond acceptors (Lipinski definition) is 27. The van der Waals surface area contributed by atoms with Gasteiger partial charge in [-0.05, 0) is 113 Å². The molecular formula is C70H126N12O22P2. The van der Waals surface area contributed by atoms with E-state index in [4.69, 9.17) is 84.2 Å². The lowest BCUT2D eigenvalue weighted by Crippen LogP contribution is -2.62. The van der Waals surface area contributed by atoms with E-state index in [1.54, 1.807) is 0 Å². The monoisotopic (exact) mass is 1550 g/mol. The molecule has 3 aliphatic heterocycles. The number of hydrogen-bond donors (Lipinski definition) is 3. The van der Waals surface area contributed by atoms with Crippen LogP contribution in [-0.2, 0) is 105 Å². The number of phosphoric acid groups is 2. The smallest absolute Gasteiger partial charge is 0.457 e. The number of azide groups is 3. The Morgan fingerprint density at radius 3 is 1.24 bits per heavy atom. The van der Waals surface area contributed by atoms with Crippen molar-refractivity contribution in [2.24, 2.45) is 15.3 Å². The number of carbonyl (C=O) groups is 2. The molecule has 0 aliphatic carbocycles. The van der Waals surface area contributed by atoms with Gasteiger partial charge >= 0.3 is 27.7 Å². The number of phosphoric ester groups is 2. The molecule has 34 nitrogen and oxygen atoms in total. The molecule has 0 spiro atoms. The van der Waals surface area contributed by atoms with Crippen molar-refractivity contribution in [3.8, 4) is 0 Å². The van der Waals surface area contributed by atoms with E-state index in [1.807, 2.05) is 113 Å². The predicted molar refractivity (Wildman–Crippen MR) is 394 cm³/mol. The first-order valence-electron chi connectivity index (χ1n) is 38.4. The minimum Gasteiger partial charge on any atom is -0.457 e. The highest BCUT2D eigenvalue weighted by Crippen LogP contribution is 2.58. The Kier molecular flexibility index (Phi) is 46.8. The summed E-state index contributed by atoms with van der Waals surface area (Å²) in [7, 11) is -10.7. The summed E-state index contributed by atoms with van der Waals surface area (Å²) in [6.45, 7) is 25.1. The first-order valence-corrected chi connectivity index (χ1v) is 41.4. The van der Waals surface area contributed by atoms with E-state index in [9.17, 15) is 26.2 Å². The summed E-state index contributed by atoms with van der Waals surface area (Å²) in [5, 5.41) is 15.3. The molecule has 9 unspecified atom stereocenters. The number of alkyl carbamates (subject to hydrolysis) is 1. The van der Waals surface area contributed by atoms with Gasteiger partial charge in [-0.2, -0.15) is 20.2 Å². The molecule has 1 aromatic carbocycles. The van der Waals surface area contributed by atoms with Crippen LogP contribution < -0.4 is 16.3 Å². The third kappa shape index (κ3) is 32.9. The molecule has 4 rings (SSSR count). The Labute approximate surface area is 627 Å². The quantitative estimate of drug-likeness (QED) is 0.0104. The summed E-state index contributed by atoms with van der Waals surface area (Å²) in [5.41, 5.74) is 36.2. The van der Waals surface area contributed by atoms with E-state index in [0.717, 1.165) is 31.2 Å². The number of esters is 1. The second-order valence-corrected chi connectivity index (χ2v) is 30.1. The molecular weight excluding hydrogens is 1420 g/mol. The number of carbonyl (C=O) groups excluding carboxylic acids is 2. The van der Waals surface area contributed by atoms with E-state index in [2.05, 4.69) is 46.4 Å². The van der Waals surface area contributed by atoms with Crippen molar-refractivity contribution in [1.82, 2.24) is 16.3 Å². The molecule has 3 aliphatic rings. The third-order valence-corrected chi connectivity index (χ3v) is 21.2. The van der Waals surface area contributed by atoms with Crippen LogP contribution in [0.3, 0.4) is 0 Å². The van der Waals surface area contributed by atoms with Gasteiger partial charge in [-0.1, -0.05) is 166 Å². The number of nitrogens with zero attached hydrogens (tertiary/aromatic N) is 9. The second-order valence-electron chi connectivity index (χ2n) is 27.1. The molecule has 106 heavy (non-hydrogen) atoms. The molecule has 1 aromatic rings. The van der Waals surface area contributed by atoms with Crippen LogP contribution in [0.1, 0.15) is 224 Å². The van der Waals surface area contributed by atoms with Crippen LogP contribution in [0.15, 0.2) is 45.7 Å². The zero-order chi connectivity index (χ0) is 77.6. The average Bonchev–Trinajstić information content (AvgIpc) is 0.766. The van der Waals surface area contributed by atoms with E-state index < -0.39 is 131 Å². The molecule has 3 fully saturated rings. The Bertz CT molecular complexity index is 2830. The third-order valence-electron chi connectivity index (χ3n) is 18.6. The largest absolute Gasteiger partial charge is 0.494 e. The standard InChI is InChI=1S/C70H126N12O22P2/c1-14-24-40-87-48-53-59(95-51(11)83)62(90-43-27-17-4)57(76-81-72)66(97-53)101-106(86,104-79-70(13,22-9)23-10)100-61-55(50-89-42-26-16-3)98-67(58(77-82-73)64(61)92-45-29-19-6)102-105(85,103-78-69(12,20-7)21-8)99-60-54(49-88-41-25-15-2)96-65(56(75-80-71)63(60)91-44-28-18-5)93-46-36-31-30-35-39-74-68(84)94-47-52-37-33-32-34-38-52/h32-34,37-38,53-67,78-79H,14-31,35-36,39-50H2,1-13H3,(H,74,84)/t53?,54?,55?,56?,57?,58?,59-,60-,61-,62?,63-,64-,65+,66-,67-,105?,106?/m1/s1. The van der Waals surface area contributed by atoms with Gasteiger partial charge in [0.25, 0.3) is 0 Å². The number of benzene rings is 1. The zero-order valence-corrected chi connectivity index (χ0v) is 66.9. The van der Waals surface area contributed by atoms with Crippen LogP contribution in [0.25, 0.3) is 31.3 Å². The highest BCUT2D eigenvalue weighted by atomic mass is 31.2. The molecule has 36 heteroatoms. The van der Waals surface area contributed by atoms with Gasteiger partial charge in [0.05, 0.1) is 19.8 Å². The van der Waals surface area contributed by atoms with Crippen molar-refractivity contribution in [2.45, 2.75) is 328 Å². The predicted octanol–water partition coefficient (Wildman–Crippen LogP) is 15.9. The summed E-state index contributed by atoms with van der Waals surface area (Å²) in [4.78, 5) is 34.9. The fourth-order valence-electron chi connectivity index (χ4n) is 11.1. The van der Waals surface area contributed by atoms with E-state index >= 15 is 9.13 Å². The molecule has 0 bridgehead atoms. The summed E-state index contributed by atoms with van der Waals surface area (Å²) in [6, 6.07) is 4.82. The van der Waals surface area contributed by atoms with Gasteiger partial charge in [0.1, 0.15) is 73.6 Å². The lowest BCUT2D eigenvalue weighted by Gasteiger charge is -2.47. The number of hydroxylamine groups is 2. The van der Waals surface area contributed by atoms with Gasteiger partial charge in [-0.15, -0.1) is 0 Å². The Morgan fingerprint density at radius 2 is 0.840 bits per heavy atom. The number of amides is 1. The summed E-state index contributed by atoms with van der Waals surface area (Å²) in [6.07, 6.45) is -5.84. The molecule has 608 valence electrons. The fraction of sp³-hybridized carbons (Fsp3) is 0.886. The van der Waals surface area contributed by atoms with Gasteiger partial charge in [0.2, 0.25) is 0 Å². The lowest BCUT2D eigenvalue weighted by molar-refractivity contribution is -0.280. The van der Waals surface area contributed by atoms with Gasteiger partial charge in [0, 0.05) is 85.5 Å². The number of ether oxygens (including phenoxy) is 12. The number of rotatable bonds is 59. The maximum Gasteiger partial charge on any atom is 0.494 e. The number of nitrogens with one attached hydrogen (secondary N) is 3. The maximum absolute atomic E-state index is 16.6. The van der Waals surface area contributed by atoms with E-state index in [1.165, 1.54) is 6.92 Å². The summed E-state index contributed by atoms with van der Waals surface area (Å²) >= 11 is 0. The highest BCUT2D eigenvalue weighted by molar-refractivity contribution is 7.48. The SMILES string of the molecule is CCCCOCC1O[C@H](OP(=O)(ONC(C)(CC)CC)O[C@@H]2C(COCCCC)O[C@H](OP(=O)(ONC(C)(CC)CC)O[C@@H]3C(COCCCC)O[C@H](OCCCCCCNC(=O)OCc4ccccc4)C(N=[N+]=[N-])[C@H]3OCCCC)C(N=[N+]=[N-])[C@H]2OCCCC)C(N=[N+]=[N-])C(OCCCC)[C@@H]1OC(C)=O. The summed E-state index contributed by atoms with van der Waals surface area (Å²) in [5.74, 6) is -0.697. The minimum atomic E-state index is -5.35. The van der Waals surface area contributed by atoms with Crippen LogP contribution in [0.5, 0.6) is 0 Å². The van der Waals surface area contributed by atoms with Gasteiger partial charge in [-0.3, -0.25) is 22.9 Å². The zero-order valence-electron chi connectivity index (χ0n) is 65.1. The van der Waals surface area contributed by atoms with Crippen LogP contribution >= 0.6 is 15.6 Å². The molecule has 0 radical (unpaired) electrons. The van der Waals surface area contributed by atoms with Crippen LogP contribution in [0, 0.1) is 0 Å². The van der Waals surface area contributed by atoms with E-state index in [-0.39, 0.29) is 66.1 Å². The molecule has 17 atom stereocenters. The normalized spacial score (nSPS) is 26.0. The van der Waals surface area contributed by atoms with Gasteiger partial charge in [-0.25, -0.2) is 13.9 Å². The fourth-order valence-corrected chi connectivity index (χ4v) is 14.0. The van der Waals surface area contributed by atoms with Crippen LogP contribution in [0.2, 0.25) is 0 Å². The van der Waals surface area contributed by atoms with Crippen molar-refractivity contribution < 1.29 is 103 Å². The second kappa shape index (κ2) is 52.7. The first kappa shape index (κ1) is 94.0. The van der Waals surface area contributed by atoms with Crippen molar-refractivity contribution >= 4 is 27.7 Å². The van der Waals surface area contributed by atoms with Crippen LogP contribution in [0.4, 0.5) is 4.79 Å². The van der Waals surface area contributed by atoms with E-state index in [0.29, 0.717) is 116 Å².